The van der Waals surface area contributed by atoms with E-state index in [2.05, 4.69) is 20.8 Å². The van der Waals surface area contributed by atoms with Crippen LogP contribution in [0.3, 0.4) is 0 Å². The number of carbonyl (C=O) groups is 1. The average Bonchev–Trinajstić information content (AvgIpc) is 2.00. The van der Waals surface area contributed by atoms with E-state index in [4.69, 9.17) is 0 Å². The summed E-state index contributed by atoms with van der Waals surface area (Å²) in [6.45, 7) is 7.88. The molecule has 0 radical (unpaired) electrons. The van der Waals surface area contributed by atoms with E-state index in [-0.39, 0.29) is 11.3 Å². The van der Waals surface area contributed by atoms with Gasteiger partial charge in [-0.2, -0.15) is 0 Å². The number of hydrogen-bond donors (Lipinski definition) is 0. The molecule has 1 nitrogen and oxygen atoms in total. The molecule has 1 aliphatic rings. The molecule has 0 atom stereocenters. The Morgan fingerprint density at radius 1 is 1.33 bits per heavy atom. The molecule has 0 heterocycles. The monoisotopic (exact) mass is 214 g/mol. The molecule has 1 fully saturated rings. The van der Waals surface area contributed by atoms with Crippen LogP contribution in [0, 0.1) is 11.3 Å². The second-order valence-corrected chi connectivity index (χ2v) is 6.39. The Kier molecular flexibility index (Phi) is 3.57. The Hall–Kier alpha value is -0.400. The fourth-order valence-corrected chi connectivity index (χ4v) is 2.21. The molecule has 1 saturated carbocycles. The Labute approximate surface area is 92.4 Å². The van der Waals surface area contributed by atoms with Crippen LogP contribution in [-0.2, 0) is 4.79 Å². The lowest BCUT2D eigenvalue weighted by molar-refractivity contribution is -0.126. The minimum absolute atomic E-state index is 0.0630. The molecule has 1 rings (SSSR count). The van der Waals surface area contributed by atoms with Gasteiger partial charge in [0.25, 0.3) is 0 Å². The molecule has 2 heteroatoms. The van der Waals surface area contributed by atoms with Crippen LogP contribution in [0.1, 0.15) is 59.8 Å². The van der Waals surface area contributed by atoms with E-state index in [0.29, 0.717) is 25.0 Å². The van der Waals surface area contributed by atoms with Gasteiger partial charge in [-0.25, -0.2) is 4.39 Å². The lowest BCUT2D eigenvalue weighted by Crippen LogP contribution is -2.31. The summed E-state index contributed by atoms with van der Waals surface area (Å²) in [5, 5.41) is 0. The molecule has 88 valence electrons. The second kappa shape index (κ2) is 4.23. The van der Waals surface area contributed by atoms with Crippen molar-refractivity contribution in [2.45, 2.75) is 65.5 Å². The van der Waals surface area contributed by atoms with Gasteiger partial charge in [-0.3, -0.25) is 4.79 Å². The fourth-order valence-electron chi connectivity index (χ4n) is 2.21. The fraction of sp³-hybridized carbons (Fsp3) is 0.923. The highest BCUT2D eigenvalue weighted by Gasteiger charge is 2.34. The first kappa shape index (κ1) is 12.7. The first-order valence-electron chi connectivity index (χ1n) is 5.91. The van der Waals surface area contributed by atoms with Crippen LogP contribution in [0.2, 0.25) is 0 Å². The van der Waals surface area contributed by atoms with Gasteiger partial charge in [0.15, 0.2) is 0 Å². The van der Waals surface area contributed by atoms with E-state index in [1.807, 2.05) is 0 Å². The van der Waals surface area contributed by atoms with Crippen molar-refractivity contribution in [2.24, 2.45) is 11.3 Å². The Morgan fingerprint density at radius 2 is 1.80 bits per heavy atom. The van der Waals surface area contributed by atoms with Gasteiger partial charge in [0, 0.05) is 12.3 Å². The summed E-state index contributed by atoms with van der Waals surface area (Å²) in [7, 11) is 0. The van der Waals surface area contributed by atoms with Crippen molar-refractivity contribution in [3.05, 3.63) is 0 Å². The van der Waals surface area contributed by atoms with E-state index in [1.54, 1.807) is 6.92 Å². The van der Waals surface area contributed by atoms with Crippen LogP contribution >= 0.6 is 0 Å². The van der Waals surface area contributed by atoms with Gasteiger partial charge in [-0.05, 0) is 38.0 Å². The number of halogens is 1. The highest BCUT2D eigenvalue weighted by atomic mass is 19.1. The highest BCUT2D eigenvalue weighted by molar-refractivity contribution is 5.81. The van der Waals surface area contributed by atoms with Crippen molar-refractivity contribution >= 4 is 5.78 Å². The number of rotatable bonds is 2. The maximum absolute atomic E-state index is 13.5. The van der Waals surface area contributed by atoms with Crippen LogP contribution in [0.5, 0.6) is 0 Å². The van der Waals surface area contributed by atoms with E-state index >= 15 is 0 Å². The van der Waals surface area contributed by atoms with Crippen molar-refractivity contribution in [3.8, 4) is 0 Å². The summed E-state index contributed by atoms with van der Waals surface area (Å²) in [4.78, 5) is 11.9. The Bertz CT molecular complexity index is 227. The van der Waals surface area contributed by atoms with Gasteiger partial charge < -0.3 is 0 Å². The zero-order chi connectivity index (χ0) is 11.7. The van der Waals surface area contributed by atoms with Crippen LogP contribution in [0.25, 0.3) is 0 Å². The number of carbonyl (C=O) groups excluding carboxylic acids is 1. The normalized spacial score (nSPS) is 32.7. The molecule has 0 spiro atoms. The molecule has 0 aromatic heterocycles. The number of alkyl halides is 1. The largest absolute Gasteiger partial charge is 0.299 e. The van der Waals surface area contributed by atoms with Crippen LogP contribution in [-0.4, -0.2) is 11.5 Å². The van der Waals surface area contributed by atoms with E-state index in [0.717, 1.165) is 12.8 Å². The van der Waals surface area contributed by atoms with Gasteiger partial charge >= 0.3 is 0 Å². The maximum atomic E-state index is 13.5. The first-order chi connectivity index (χ1) is 6.70. The second-order valence-electron chi connectivity index (χ2n) is 6.39. The standard InChI is InChI=1S/C13H23FO/c1-12(2,3)9-11(15)10-5-7-13(4,14)8-6-10/h10H,5-9H2,1-4H3. The van der Waals surface area contributed by atoms with Gasteiger partial charge in [0.2, 0.25) is 0 Å². The average molecular weight is 214 g/mol. The summed E-state index contributed by atoms with van der Waals surface area (Å²) >= 11 is 0. The Balaban J connectivity index is 2.44. The molecule has 0 aliphatic heterocycles. The van der Waals surface area contributed by atoms with Gasteiger partial charge in [0.05, 0.1) is 0 Å². The third kappa shape index (κ3) is 4.31. The predicted molar refractivity (Wildman–Crippen MR) is 60.6 cm³/mol. The van der Waals surface area contributed by atoms with Crippen molar-refractivity contribution in [1.82, 2.24) is 0 Å². The number of Topliss-reactive ketones (excluding diaryl/α,β-unsaturated/α-hetero) is 1. The summed E-state index contributed by atoms with van der Waals surface area (Å²) in [6.07, 6.45) is 3.20. The maximum Gasteiger partial charge on any atom is 0.136 e. The lowest BCUT2D eigenvalue weighted by Gasteiger charge is -2.31. The summed E-state index contributed by atoms with van der Waals surface area (Å²) in [6, 6.07) is 0. The molecule has 1 aliphatic carbocycles. The van der Waals surface area contributed by atoms with E-state index in [9.17, 15) is 9.18 Å². The third-order valence-corrected chi connectivity index (χ3v) is 3.19. The van der Waals surface area contributed by atoms with Crippen LogP contribution in [0.4, 0.5) is 4.39 Å². The molecule has 0 amide bonds. The zero-order valence-corrected chi connectivity index (χ0v) is 10.4. The summed E-state index contributed by atoms with van der Waals surface area (Å²) < 4.78 is 13.5. The molecular formula is C13H23FO. The minimum atomic E-state index is -1.03. The zero-order valence-electron chi connectivity index (χ0n) is 10.4. The topological polar surface area (TPSA) is 17.1 Å². The molecule has 0 bridgehead atoms. The highest BCUT2D eigenvalue weighted by Crippen LogP contribution is 2.36. The van der Waals surface area contributed by atoms with Crippen molar-refractivity contribution < 1.29 is 9.18 Å². The molecule has 0 N–H and O–H groups in total. The molecule has 0 saturated heterocycles. The van der Waals surface area contributed by atoms with Gasteiger partial charge in [-0.15, -0.1) is 0 Å². The van der Waals surface area contributed by atoms with Crippen molar-refractivity contribution in [1.29, 1.82) is 0 Å². The lowest BCUT2D eigenvalue weighted by atomic mass is 9.76. The Morgan fingerprint density at radius 3 is 2.20 bits per heavy atom. The minimum Gasteiger partial charge on any atom is -0.299 e. The molecule has 0 aromatic rings. The van der Waals surface area contributed by atoms with E-state index in [1.165, 1.54) is 0 Å². The molecule has 15 heavy (non-hydrogen) atoms. The number of ketones is 1. The summed E-state index contributed by atoms with van der Waals surface area (Å²) in [5.74, 6) is 0.450. The SMILES string of the molecule is CC(C)(C)CC(=O)C1CCC(C)(F)CC1. The van der Waals surface area contributed by atoms with Crippen LogP contribution in [0.15, 0.2) is 0 Å². The molecular weight excluding hydrogens is 191 g/mol. The quantitative estimate of drug-likeness (QED) is 0.681. The summed E-state index contributed by atoms with van der Waals surface area (Å²) in [5.41, 5.74) is -0.966. The van der Waals surface area contributed by atoms with Crippen LogP contribution < -0.4 is 0 Å². The molecule has 0 aromatic carbocycles. The van der Waals surface area contributed by atoms with Crippen molar-refractivity contribution in [2.75, 3.05) is 0 Å². The van der Waals surface area contributed by atoms with Crippen molar-refractivity contribution in [3.63, 3.8) is 0 Å². The smallest absolute Gasteiger partial charge is 0.136 e. The third-order valence-electron chi connectivity index (χ3n) is 3.19. The predicted octanol–water partition coefficient (Wildman–Crippen LogP) is 3.91. The van der Waals surface area contributed by atoms with Gasteiger partial charge in [-0.1, -0.05) is 20.8 Å². The number of hydrogen-bond acceptors (Lipinski definition) is 1. The van der Waals surface area contributed by atoms with E-state index < -0.39 is 5.67 Å². The molecule has 0 unspecified atom stereocenters. The first-order valence-corrected chi connectivity index (χ1v) is 5.91. The van der Waals surface area contributed by atoms with Gasteiger partial charge in [0.1, 0.15) is 11.5 Å².